The summed E-state index contributed by atoms with van der Waals surface area (Å²) >= 11 is 3.53. The molecule has 0 saturated carbocycles. The van der Waals surface area contributed by atoms with Gasteiger partial charge in [0.05, 0.1) is 13.2 Å². The van der Waals surface area contributed by atoms with Crippen molar-refractivity contribution in [1.82, 2.24) is 4.57 Å². The van der Waals surface area contributed by atoms with Crippen LogP contribution < -0.4 is 4.74 Å². The number of halogens is 1. The van der Waals surface area contributed by atoms with Crippen LogP contribution in [0.25, 0.3) is 0 Å². The van der Waals surface area contributed by atoms with Gasteiger partial charge in [-0.05, 0) is 29.8 Å². The maximum atomic E-state index is 9.02. The Labute approximate surface area is 114 Å². The zero-order valence-corrected chi connectivity index (χ0v) is 11.3. The molecule has 0 unspecified atom stereocenters. The van der Waals surface area contributed by atoms with E-state index in [0.29, 0.717) is 12.2 Å². The summed E-state index contributed by atoms with van der Waals surface area (Å²) in [6.45, 7) is 1.41. The minimum atomic E-state index is 0.664. The predicted molar refractivity (Wildman–Crippen MR) is 71.6 cm³/mol. The third-order valence-electron chi connectivity index (χ3n) is 3.11. The lowest BCUT2D eigenvalue weighted by molar-refractivity contribution is 0.352. The number of nitrogens with zero attached hydrogens (tertiary/aromatic N) is 2. The van der Waals surface area contributed by atoms with Gasteiger partial charge in [-0.1, -0.05) is 15.9 Å². The van der Waals surface area contributed by atoms with Gasteiger partial charge in [-0.3, -0.25) is 0 Å². The third-order valence-corrected chi connectivity index (χ3v) is 3.57. The number of hydrogen-bond acceptors (Lipinski definition) is 2. The highest BCUT2D eigenvalue weighted by Crippen LogP contribution is 2.33. The van der Waals surface area contributed by atoms with Gasteiger partial charge in [0, 0.05) is 22.7 Å². The number of aromatic nitrogens is 1. The van der Waals surface area contributed by atoms with Gasteiger partial charge in [-0.15, -0.1) is 0 Å². The van der Waals surface area contributed by atoms with E-state index < -0.39 is 0 Å². The van der Waals surface area contributed by atoms with E-state index in [1.807, 2.05) is 22.9 Å². The number of nitriles is 1. The molecule has 0 bridgehead atoms. The molecule has 90 valence electrons. The van der Waals surface area contributed by atoms with E-state index in [2.05, 4.69) is 34.1 Å². The van der Waals surface area contributed by atoms with Crippen LogP contribution in [0.2, 0.25) is 0 Å². The molecular formula is C14H11BrN2O. The molecule has 0 N–H and O–H groups in total. The number of benzene rings is 1. The zero-order chi connectivity index (χ0) is 12.5. The summed E-state index contributed by atoms with van der Waals surface area (Å²) in [6.07, 6.45) is 2.87. The van der Waals surface area contributed by atoms with Crippen LogP contribution in [0.3, 0.4) is 0 Å². The minimum Gasteiger partial charge on any atom is -0.493 e. The summed E-state index contributed by atoms with van der Waals surface area (Å²) in [5, 5.41) is 9.02. The molecule has 2 aromatic rings. The van der Waals surface area contributed by atoms with Crippen molar-refractivity contribution in [3.8, 4) is 11.8 Å². The van der Waals surface area contributed by atoms with Gasteiger partial charge in [0.2, 0.25) is 0 Å². The van der Waals surface area contributed by atoms with E-state index in [4.69, 9.17) is 10.00 Å². The van der Waals surface area contributed by atoms with Crippen molar-refractivity contribution in [3.63, 3.8) is 0 Å². The van der Waals surface area contributed by atoms with Crippen LogP contribution in [0, 0.1) is 11.3 Å². The first-order valence-electron chi connectivity index (χ1n) is 5.77. The summed E-state index contributed by atoms with van der Waals surface area (Å²) in [5.74, 6) is 0.982. The van der Waals surface area contributed by atoms with Crippen molar-refractivity contribution in [2.75, 3.05) is 6.61 Å². The lowest BCUT2D eigenvalue weighted by Gasteiger charge is -2.10. The van der Waals surface area contributed by atoms with Crippen molar-refractivity contribution in [2.24, 2.45) is 0 Å². The van der Waals surface area contributed by atoms with Crippen molar-refractivity contribution < 1.29 is 4.74 Å². The molecule has 2 heterocycles. The molecule has 4 heteroatoms. The summed E-state index contributed by atoms with van der Waals surface area (Å²) < 4.78 is 8.69. The molecule has 0 saturated heterocycles. The van der Waals surface area contributed by atoms with Crippen LogP contribution in [0.1, 0.15) is 16.8 Å². The average Bonchev–Trinajstić information content (AvgIpc) is 2.96. The molecule has 1 aromatic carbocycles. The monoisotopic (exact) mass is 302 g/mol. The van der Waals surface area contributed by atoms with Gasteiger partial charge in [0.15, 0.2) is 0 Å². The second kappa shape index (κ2) is 4.51. The Morgan fingerprint density at radius 1 is 1.44 bits per heavy atom. The third kappa shape index (κ3) is 1.91. The Morgan fingerprint density at radius 3 is 3.17 bits per heavy atom. The molecular weight excluding hydrogens is 292 g/mol. The Morgan fingerprint density at radius 2 is 2.33 bits per heavy atom. The highest BCUT2D eigenvalue weighted by Gasteiger charge is 2.18. The Bertz CT molecular complexity index is 640. The Balaban J connectivity index is 2.01. The normalized spacial score (nSPS) is 12.9. The summed E-state index contributed by atoms with van der Waals surface area (Å²) in [4.78, 5) is 0. The first kappa shape index (κ1) is 11.4. The molecule has 1 aliphatic rings. The fourth-order valence-corrected chi connectivity index (χ4v) is 2.85. The molecule has 18 heavy (non-hydrogen) atoms. The first-order chi connectivity index (χ1) is 8.78. The van der Waals surface area contributed by atoms with E-state index in [-0.39, 0.29) is 0 Å². The summed E-state index contributed by atoms with van der Waals surface area (Å²) in [6, 6.07) is 10.1. The van der Waals surface area contributed by atoms with Crippen molar-refractivity contribution in [1.29, 1.82) is 5.26 Å². The standard InChI is InChI=1S/C14H11BrN2O/c15-12-6-10-3-5-18-14(10)11(7-12)9-17-4-1-2-13(17)8-16/h1-2,4,6-7H,3,5,9H2. The zero-order valence-electron chi connectivity index (χ0n) is 9.69. The van der Waals surface area contributed by atoms with Gasteiger partial charge >= 0.3 is 0 Å². The number of ether oxygens (including phenoxy) is 1. The molecule has 0 radical (unpaired) electrons. The minimum absolute atomic E-state index is 0.664. The van der Waals surface area contributed by atoms with Gasteiger partial charge in [0.25, 0.3) is 0 Å². The fourth-order valence-electron chi connectivity index (χ4n) is 2.30. The van der Waals surface area contributed by atoms with Gasteiger partial charge in [-0.2, -0.15) is 5.26 Å². The summed E-state index contributed by atoms with van der Waals surface area (Å²) in [5.41, 5.74) is 3.02. The molecule has 0 amide bonds. The molecule has 3 nitrogen and oxygen atoms in total. The smallest absolute Gasteiger partial charge is 0.127 e. The quantitative estimate of drug-likeness (QED) is 0.855. The first-order valence-corrected chi connectivity index (χ1v) is 6.56. The van der Waals surface area contributed by atoms with Crippen LogP contribution in [0.4, 0.5) is 0 Å². The van der Waals surface area contributed by atoms with Gasteiger partial charge in [-0.25, -0.2) is 0 Å². The molecule has 0 spiro atoms. The van der Waals surface area contributed by atoms with E-state index in [0.717, 1.165) is 28.8 Å². The predicted octanol–water partition coefficient (Wildman–Crippen LogP) is 3.11. The van der Waals surface area contributed by atoms with Crippen LogP contribution in [-0.4, -0.2) is 11.2 Å². The number of hydrogen-bond donors (Lipinski definition) is 0. The van der Waals surface area contributed by atoms with E-state index in [1.165, 1.54) is 5.56 Å². The van der Waals surface area contributed by atoms with Crippen LogP contribution in [0.15, 0.2) is 34.9 Å². The topological polar surface area (TPSA) is 38.0 Å². The molecule has 1 aromatic heterocycles. The second-order valence-electron chi connectivity index (χ2n) is 4.28. The van der Waals surface area contributed by atoms with E-state index >= 15 is 0 Å². The van der Waals surface area contributed by atoms with Crippen LogP contribution in [0.5, 0.6) is 5.75 Å². The lowest BCUT2D eigenvalue weighted by Crippen LogP contribution is -2.02. The average molecular weight is 303 g/mol. The molecule has 0 atom stereocenters. The number of fused-ring (bicyclic) bond motifs is 1. The second-order valence-corrected chi connectivity index (χ2v) is 5.20. The van der Waals surface area contributed by atoms with Crippen molar-refractivity contribution in [2.45, 2.75) is 13.0 Å². The van der Waals surface area contributed by atoms with E-state index in [9.17, 15) is 0 Å². The van der Waals surface area contributed by atoms with E-state index in [1.54, 1.807) is 0 Å². The Kier molecular flexibility index (Phi) is 2.85. The number of rotatable bonds is 2. The SMILES string of the molecule is N#Cc1cccn1Cc1cc(Br)cc2c1OCC2. The Hall–Kier alpha value is -1.73. The maximum Gasteiger partial charge on any atom is 0.127 e. The molecule has 1 aliphatic heterocycles. The lowest BCUT2D eigenvalue weighted by atomic mass is 10.1. The van der Waals surface area contributed by atoms with Crippen molar-refractivity contribution >= 4 is 15.9 Å². The van der Waals surface area contributed by atoms with Gasteiger partial charge < -0.3 is 9.30 Å². The summed E-state index contributed by atoms with van der Waals surface area (Å²) in [7, 11) is 0. The molecule has 0 fully saturated rings. The molecule has 3 rings (SSSR count). The highest BCUT2D eigenvalue weighted by molar-refractivity contribution is 9.10. The van der Waals surface area contributed by atoms with Crippen LogP contribution in [-0.2, 0) is 13.0 Å². The van der Waals surface area contributed by atoms with Crippen molar-refractivity contribution in [3.05, 3.63) is 51.8 Å². The fraction of sp³-hybridized carbons (Fsp3) is 0.214. The van der Waals surface area contributed by atoms with Gasteiger partial charge in [0.1, 0.15) is 17.5 Å². The largest absolute Gasteiger partial charge is 0.493 e. The van der Waals surface area contributed by atoms with Crippen LogP contribution >= 0.6 is 15.9 Å². The highest BCUT2D eigenvalue weighted by atomic mass is 79.9. The molecule has 0 aliphatic carbocycles. The maximum absolute atomic E-state index is 9.02.